The average Bonchev–Trinajstić information content (AvgIpc) is 2.18. The maximum Gasteiger partial charge on any atom is 0.330 e. The van der Waals surface area contributed by atoms with Gasteiger partial charge in [-0.1, -0.05) is 0 Å². The van der Waals surface area contributed by atoms with Crippen LogP contribution in [0, 0.1) is 6.92 Å². The summed E-state index contributed by atoms with van der Waals surface area (Å²) in [4.78, 5) is 0. The summed E-state index contributed by atoms with van der Waals surface area (Å²) in [7, 11) is 0. The smallest absolute Gasteiger partial charge is 0.330 e. The molecule has 0 saturated carbocycles. The highest BCUT2D eigenvalue weighted by Gasteiger charge is 2.16. The predicted octanol–water partition coefficient (Wildman–Crippen LogP) is 1.07. The Morgan fingerprint density at radius 2 is 2.20 bits per heavy atom. The first-order valence-corrected chi connectivity index (χ1v) is 4.71. The normalized spacial score (nSPS) is 9.80. The summed E-state index contributed by atoms with van der Waals surface area (Å²) in [6, 6.07) is 3.59. The Morgan fingerprint density at radius 1 is 1.53 bits per heavy atom. The van der Waals surface area contributed by atoms with Crippen molar-refractivity contribution in [3.63, 3.8) is 0 Å². The van der Waals surface area contributed by atoms with E-state index in [1.54, 1.807) is 13.0 Å². The molecule has 1 aromatic heterocycles. The Labute approximate surface area is 100.0 Å². The van der Waals surface area contributed by atoms with Crippen molar-refractivity contribution in [2.75, 3.05) is 13.2 Å². The van der Waals surface area contributed by atoms with Crippen LogP contribution in [0.1, 0.15) is 11.3 Å². The van der Waals surface area contributed by atoms with Crippen LogP contribution in [0.25, 0.3) is 0 Å². The van der Waals surface area contributed by atoms with E-state index in [-0.39, 0.29) is 17.6 Å². The number of aromatic nitrogens is 1. The molecule has 0 aliphatic rings. The molecule has 0 spiro atoms. The van der Waals surface area contributed by atoms with Crippen LogP contribution in [0.15, 0.2) is 12.1 Å². The average molecular weight is 254 g/mol. The minimum absolute atomic E-state index is 0. The number of ether oxygens (including phenoxy) is 1. The molecule has 4 nitrogen and oxygen atoms in total. The standard InChI is InChI=1S/C9H14ClN2O2.ClH/c1-7-2-3-8(6-14-5-4-11)9(10)12(7)13;/h2-3,13H,4-6,11H2,1H3;1H/q+1;. The molecule has 0 saturated heterocycles. The summed E-state index contributed by atoms with van der Waals surface area (Å²) >= 11 is 5.88. The molecule has 3 N–H and O–H groups in total. The van der Waals surface area contributed by atoms with Crippen LogP contribution in [0.4, 0.5) is 0 Å². The lowest BCUT2D eigenvalue weighted by Crippen LogP contribution is -2.36. The molecule has 0 aliphatic heterocycles. The molecule has 0 fully saturated rings. The van der Waals surface area contributed by atoms with E-state index in [1.165, 1.54) is 0 Å². The van der Waals surface area contributed by atoms with Gasteiger partial charge < -0.3 is 10.5 Å². The molecular formula is C9H15Cl2N2O2+. The van der Waals surface area contributed by atoms with Crippen LogP contribution < -0.4 is 10.5 Å². The summed E-state index contributed by atoms with van der Waals surface area (Å²) in [5.41, 5.74) is 6.69. The van der Waals surface area contributed by atoms with E-state index in [9.17, 15) is 5.21 Å². The maximum absolute atomic E-state index is 9.45. The number of nitrogens with two attached hydrogens (primary N) is 1. The van der Waals surface area contributed by atoms with Crippen LogP contribution in [0.3, 0.4) is 0 Å². The van der Waals surface area contributed by atoms with Crippen LogP contribution in [0.2, 0.25) is 5.15 Å². The number of aryl methyl sites for hydroxylation is 1. The summed E-state index contributed by atoms with van der Waals surface area (Å²) in [6.45, 7) is 3.07. The van der Waals surface area contributed by atoms with E-state index in [4.69, 9.17) is 22.1 Å². The SMILES string of the molecule is Cc1ccc(COCCN)c(Cl)[n+]1O.Cl. The first kappa shape index (κ1) is 14.5. The van der Waals surface area contributed by atoms with Gasteiger partial charge in [-0.15, -0.1) is 12.4 Å². The Morgan fingerprint density at radius 3 is 2.80 bits per heavy atom. The Balaban J connectivity index is 0.00000196. The zero-order chi connectivity index (χ0) is 10.6. The van der Waals surface area contributed by atoms with Crippen molar-refractivity contribution >= 4 is 24.0 Å². The van der Waals surface area contributed by atoms with Gasteiger partial charge in [0, 0.05) is 24.3 Å². The lowest BCUT2D eigenvalue weighted by Gasteiger charge is -2.02. The Hall–Kier alpha value is -0.550. The summed E-state index contributed by atoms with van der Waals surface area (Å²) in [5.74, 6) is 0. The molecule has 0 aliphatic carbocycles. The van der Waals surface area contributed by atoms with E-state index < -0.39 is 0 Å². The molecule has 6 heteroatoms. The van der Waals surface area contributed by atoms with Gasteiger partial charge in [-0.3, -0.25) is 5.21 Å². The molecular weight excluding hydrogens is 239 g/mol. The van der Waals surface area contributed by atoms with Gasteiger partial charge in [0.15, 0.2) is 0 Å². The van der Waals surface area contributed by atoms with Crippen molar-refractivity contribution in [1.29, 1.82) is 0 Å². The van der Waals surface area contributed by atoms with Crippen molar-refractivity contribution in [3.05, 3.63) is 28.5 Å². The lowest BCUT2D eigenvalue weighted by atomic mass is 10.2. The molecule has 0 unspecified atom stereocenters. The van der Waals surface area contributed by atoms with Crippen molar-refractivity contribution < 1.29 is 14.7 Å². The Kier molecular flexibility index (Phi) is 6.60. The van der Waals surface area contributed by atoms with Gasteiger partial charge >= 0.3 is 5.15 Å². The fourth-order valence-corrected chi connectivity index (χ4v) is 1.28. The third kappa shape index (κ3) is 3.83. The molecule has 86 valence electrons. The van der Waals surface area contributed by atoms with Crippen LogP contribution in [-0.2, 0) is 11.3 Å². The summed E-state index contributed by atoms with van der Waals surface area (Å²) in [5, 5.41) is 9.73. The topological polar surface area (TPSA) is 59.4 Å². The highest BCUT2D eigenvalue weighted by Crippen LogP contribution is 2.12. The van der Waals surface area contributed by atoms with Gasteiger partial charge in [0.2, 0.25) is 5.69 Å². The summed E-state index contributed by atoms with van der Waals surface area (Å²) < 4.78 is 6.14. The number of pyridine rings is 1. The minimum atomic E-state index is 0. The van der Waals surface area contributed by atoms with Gasteiger partial charge in [-0.05, 0) is 17.7 Å². The third-order valence-corrected chi connectivity index (χ3v) is 2.23. The van der Waals surface area contributed by atoms with Crippen LogP contribution in [0.5, 0.6) is 0 Å². The second-order valence-corrected chi connectivity index (χ2v) is 3.30. The van der Waals surface area contributed by atoms with Crippen molar-refractivity contribution in [3.8, 4) is 0 Å². The predicted molar refractivity (Wildman–Crippen MR) is 59.5 cm³/mol. The molecule has 15 heavy (non-hydrogen) atoms. The molecule has 1 aromatic rings. The van der Waals surface area contributed by atoms with Gasteiger partial charge in [-0.25, -0.2) is 0 Å². The van der Waals surface area contributed by atoms with Gasteiger partial charge in [0.1, 0.15) is 0 Å². The lowest BCUT2D eigenvalue weighted by molar-refractivity contribution is -0.907. The van der Waals surface area contributed by atoms with E-state index in [0.717, 1.165) is 10.3 Å². The number of hydrogen-bond donors (Lipinski definition) is 2. The van der Waals surface area contributed by atoms with E-state index in [0.29, 0.717) is 25.5 Å². The number of hydrogen-bond acceptors (Lipinski definition) is 3. The van der Waals surface area contributed by atoms with Gasteiger partial charge in [-0.2, -0.15) is 0 Å². The Bertz CT molecular complexity index is 321. The fourth-order valence-electron chi connectivity index (χ4n) is 1.02. The highest BCUT2D eigenvalue weighted by atomic mass is 35.5. The molecule has 1 rings (SSSR count). The fraction of sp³-hybridized carbons (Fsp3) is 0.444. The molecule has 0 bridgehead atoms. The first-order valence-electron chi connectivity index (χ1n) is 4.34. The zero-order valence-corrected chi connectivity index (χ0v) is 10.0. The first-order chi connectivity index (χ1) is 6.66. The van der Waals surface area contributed by atoms with E-state index in [1.807, 2.05) is 6.07 Å². The van der Waals surface area contributed by atoms with E-state index >= 15 is 0 Å². The van der Waals surface area contributed by atoms with Crippen molar-refractivity contribution in [2.45, 2.75) is 13.5 Å². The second kappa shape index (κ2) is 6.85. The monoisotopic (exact) mass is 253 g/mol. The number of halogens is 2. The largest absolute Gasteiger partial charge is 0.375 e. The quantitative estimate of drug-likeness (QED) is 0.365. The third-order valence-electron chi connectivity index (χ3n) is 1.83. The van der Waals surface area contributed by atoms with Crippen molar-refractivity contribution in [2.24, 2.45) is 5.73 Å². The maximum atomic E-state index is 9.45. The molecule has 0 atom stereocenters. The van der Waals surface area contributed by atoms with Crippen LogP contribution >= 0.6 is 24.0 Å². The number of rotatable bonds is 4. The molecule has 0 amide bonds. The van der Waals surface area contributed by atoms with Crippen LogP contribution in [-0.4, -0.2) is 18.4 Å². The minimum Gasteiger partial charge on any atom is -0.375 e. The molecule has 0 radical (unpaired) electrons. The van der Waals surface area contributed by atoms with Gasteiger partial charge in [0.25, 0.3) is 0 Å². The van der Waals surface area contributed by atoms with Crippen molar-refractivity contribution in [1.82, 2.24) is 0 Å². The molecule has 0 aromatic carbocycles. The number of nitrogens with zero attached hydrogens (tertiary/aromatic N) is 1. The van der Waals surface area contributed by atoms with Gasteiger partial charge in [0.05, 0.1) is 18.8 Å². The second-order valence-electron chi connectivity index (χ2n) is 2.94. The molecule has 1 heterocycles. The summed E-state index contributed by atoms with van der Waals surface area (Å²) in [6.07, 6.45) is 0. The van der Waals surface area contributed by atoms with E-state index in [2.05, 4.69) is 0 Å². The zero-order valence-electron chi connectivity index (χ0n) is 8.44. The highest BCUT2D eigenvalue weighted by molar-refractivity contribution is 6.29.